The highest BCUT2D eigenvalue weighted by Crippen LogP contribution is 2.32. The maximum absolute atomic E-state index is 5.94. The lowest BCUT2D eigenvalue weighted by molar-refractivity contribution is 0.499. The lowest BCUT2D eigenvalue weighted by atomic mass is 10.1. The number of nitrogens with one attached hydrogen (secondary N) is 1. The Balaban J connectivity index is 1.78. The highest BCUT2D eigenvalue weighted by molar-refractivity contribution is 6.05. The fourth-order valence-corrected chi connectivity index (χ4v) is 2.99. The van der Waals surface area contributed by atoms with E-state index in [0.29, 0.717) is 11.4 Å². The van der Waals surface area contributed by atoms with Crippen LogP contribution in [0.25, 0.3) is 22.1 Å². The number of aromatic nitrogens is 2. The number of furan rings is 2. The molecule has 3 heterocycles. The second-order valence-corrected chi connectivity index (χ2v) is 5.73. The summed E-state index contributed by atoms with van der Waals surface area (Å²) in [7, 11) is 0. The second kappa shape index (κ2) is 5.12. The van der Waals surface area contributed by atoms with Gasteiger partial charge < -0.3 is 14.2 Å². The first-order valence-corrected chi connectivity index (χ1v) is 7.59. The number of hydrogen-bond acceptors (Lipinski definition) is 5. The van der Waals surface area contributed by atoms with Crippen molar-refractivity contribution < 1.29 is 8.83 Å². The third-order valence-corrected chi connectivity index (χ3v) is 4.06. The van der Waals surface area contributed by atoms with Crippen LogP contribution in [-0.4, -0.2) is 9.97 Å². The van der Waals surface area contributed by atoms with Gasteiger partial charge in [0.2, 0.25) is 0 Å². The third-order valence-electron chi connectivity index (χ3n) is 4.06. The summed E-state index contributed by atoms with van der Waals surface area (Å²) in [6, 6.07) is 9.97. The van der Waals surface area contributed by atoms with Crippen LogP contribution in [0.15, 0.2) is 45.5 Å². The molecular formula is C18H17N3O2. The number of benzene rings is 1. The van der Waals surface area contributed by atoms with Gasteiger partial charge >= 0.3 is 0 Å². The maximum Gasteiger partial charge on any atom is 0.196 e. The monoisotopic (exact) mass is 307 g/mol. The molecule has 0 spiro atoms. The minimum Gasteiger partial charge on any atom is -0.466 e. The second-order valence-electron chi connectivity index (χ2n) is 5.73. The van der Waals surface area contributed by atoms with Gasteiger partial charge in [-0.3, -0.25) is 0 Å². The number of nitrogens with zero attached hydrogens (tertiary/aromatic N) is 2. The van der Waals surface area contributed by atoms with E-state index in [-0.39, 0.29) is 6.04 Å². The molecule has 4 aromatic rings. The molecule has 0 fully saturated rings. The molecule has 0 saturated carbocycles. The van der Waals surface area contributed by atoms with Gasteiger partial charge in [-0.25, -0.2) is 9.97 Å². The van der Waals surface area contributed by atoms with Gasteiger partial charge in [-0.15, -0.1) is 0 Å². The Morgan fingerprint density at radius 1 is 1.09 bits per heavy atom. The smallest absolute Gasteiger partial charge is 0.196 e. The quantitative estimate of drug-likeness (QED) is 0.591. The third kappa shape index (κ3) is 2.25. The van der Waals surface area contributed by atoms with E-state index in [9.17, 15) is 0 Å². The summed E-state index contributed by atoms with van der Waals surface area (Å²) in [6.07, 6.45) is 1.56. The highest BCUT2D eigenvalue weighted by Gasteiger charge is 2.17. The van der Waals surface area contributed by atoms with Gasteiger partial charge in [0.25, 0.3) is 0 Å². The number of aryl methyl sites for hydroxylation is 2. The van der Waals surface area contributed by atoms with Crippen molar-refractivity contribution in [1.29, 1.82) is 0 Å². The molecular weight excluding hydrogens is 290 g/mol. The maximum atomic E-state index is 5.94. The van der Waals surface area contributed by atoms with Crippen LogP contribution in [0, 0.1) is 13.8 Å². The van der Waals surface area contributed by atoms with E-state index in [1.165, 1.54) is 0 Å². The zero-order chi connectivity index (χ0) is 16.0. The molecule has 0 aliphatic carbocycles. The van der Waals surface area contributed by atoms with Crippen molar-refractivity contribution in [2.45, 2.75) is 26.8 Å². The Morgan fingerprint density at radius 3 is 2.70 bits per heavy atom. The van der Waals surface area contributed by atoms with Crippen molar-refractivity contribution in [3.05, 3.63) is 53.7 Å². The van der Waals surface area contributed by atoms with E-state index in [1.54, 1.807) is 6.33 Å². The number of hydrogen-bond donors (Lipinski definition) is 1. The van der Waals surface area contributed by atoms with Gasteiger partial charge in [-0.2, -0.15) is 0 Å². The van der Waals surface area contributed by atoms with Crippen LogP contribution in [0.2, 0.25) is 0 Å². The molecule has 116 valence electrons. The molecule has 1 atom stereocenters. The van der Waals surface area contributed by atoms with Crippen LogP contribution in [0.1, 0.15) is 30.0 Å². The highest BCUT2D eigenvalue weighted by atomic mass is 16.3. The van der Waals surface area contributed by atoms with Crippen LogP contribution in [0.5, 0.6) is 0 Å². The molecule has 5 nitrogen and oxygen atoms in total. The zero-order valence-corrected chi connectivity index (χ0v) is 13.3. The van der Waals surface area contributed by atoms with Crippen molar-refractivity contribution in [3.8, 4) is 0 Å². The van der Waals surface area contributed by atoms with Crippen molar-refractivity contribution in [2.24, 2.45) is 0 Å². The first-order valence-electron chi connectivity index (χ1n) is 7.59. The van der Waals surface area contributed by atoms with Gasteiger partial charge in [0.05, 0.1) is 6.04 Å². The average Bonchev–Trinajstić information content (AvgIpc) is 3.08. The van der Waals surface area contributed by atoms with Crippen molar-refractivity contribution >= 4 is 27.9 Å². The fraction of sp³-hybridized carbons (Fsp3) is 0.222. The number of fused-ring (bicyclic) bond motifs is 3. The first-order chi connectivity index (χ1) is 11.1. The molecule has 4 rings (SSSR count). The van der Waals surface area contributed by atoms with E-state index < -0.39 is 0 Å². The van der Waals surface area contributed by atoms with Gasteiger partial charge in [-0.1, -0.05) is 12.1 Å². The molecule has 1 unspecified atom stereocenters. The van der Waals surface area contributed by atoms with Crippen LogP contribution in [-0.2, 0) is 0 Å². The van der Waals surface area contributed by atoms with Crippen LogP contribution in [0.4, 0.5) is 5.82 Å². The van der Waals surface area contributed by atoms with Gasteiger partial charge in [0, 0.05) is 10.9 Å². The molecule has 0 radical (unpaired) electrons. The molecule has 3 aromatic heterocycles. The van der Waals surface area contributed by atoms with E-state index >= 15 is 0 Å². The summed E-state index contributed by atoms with van der Waals surface area (Å²) in [6.45, 7) is 6.00. The summed E-state index contributed by atoms with van der Waals surface area (Å²) in [5.74, 6) is 2.51. The van der Waals surface area contributed by atoms with Crippen molar-refractivity contribution in [1.82, 2.24) is 9.97 Å². The summed E-state index contributed by atoms with van der Waals surface area (Å²) in [5.41, 5.74) is 3.43. The Morgan fingerprint density at radius 2 is 1.91 bits per heavy atom. The average molecular weight is 307 g/mol. The fourth-order valence-electron chi connectivity index (χ4n) is 2.99. The summed E-state index contributed by atoms with van der Waals surface area (Å²) in [5, 5.41) is 4.41. The van der Waals surface area contributed by atoms with Crippen LogP contribution in [0.3, 0.4) is 0 Å². The summed E-state index contributed by atoms with van der Waals surface area (Å²) < 4.78 is 11.6. The standard InChI is InChI=1S/C18H17N3O2/c1-10-8-14(12(3)22-10)11(2)21-18-17-16(19-9-20-18)13-6-4-5-7-15(13)23-17/h4-9,11H,1-3H3,(H,19,20,21). The number of para-hydroxylation sites is 1. The van der Waals surface area contributed by atoms with Gasteiger partial charge in [0.15, 0.2) is 11.4 Å². The molecule has 0 bridgehead atoms. The van der Waals surface area contributed by atoms with Crippen molar-refractivity contribution in [3.63, 3.8) is 0 Å². The molecule has 0 aliphatic rings. The van der Waals surface area contributed by atoms with Crippen LogP contribution >= 0.6 is 0 Å². The molecule has 0 saturated heterocycles. The topological polar surface area (TPSA) is 64.1 Å². The Labute approximate surface area is 133 Å². The molecule has 0 aliphatic heterocycles. The molecule has 1 N–H and O–H groups in total. The normalized spacial score (nSPS) is 12.8. The Hall–Kier alpha value is -2.82. The van der Waals surface area contributed by atoms with Crippen LogP contribution < -0.4 is 5.32 Å². The van der Waals surface area contributed by atoms with Gasteiger partial charge in [0.1, 0.15) is 28.9 Å². The molecule has 1 aromatic carbocycles. The lowest BCUT2D eigenvalue weighted by Crippen LogP contribution is -2.08. The number of anilines is 1. The molecule has 5 heteroatoms. The van der Waals surface area contributed by atoms with E-state index in [4.69, 9.17) is 8.83 Å². The Kier molecular flexibility index (Phi) is 3.08. The molecule has 0 amide bonds. The predicted octanol–water partition coefficient (Wildman–Crippen LogP) is 4.76. The summed E-state index contributed by atoms with van der Waals surface area (Å²) in [4.78, 5) is 8.73. The zero-order valence-electron chi connectivity index (χ0n) is 13.3. The van der Waals surface area contributed by atoms with Crippen molar-refractivity contribution in [2.75, 3.05) is 5.32 Å². The van der Waals surface area contributed by atoms with E-state index in [2.05, 4.69) is 22.2 Å². The largest absolute Gasteiger partial charge is 0.466 e. The van der Waals surface area contributed by atoms with E-state index in [0.717, 1.165) is 33.6 Å². The van der Waals surface area contributed by atoms with Gasteiger partial charge in [-0.05, 0) is 39.0 Å². The minimum absolute atomic E-state index is 0.0544. The molecule has 23 heavy (non-hydrogen) atoms. The lowest BCUT2D eigenvalue weighted by Gasteiger charge is -2.13. The van der Waals surface area contributed by atoms with E-state index in [1.807, 2.05) is 44.2 Å². The predicted molar refractivity (Wildman–Crippen MR) is 89.5 cm³/mol. The number of rotatable bonds is 3. The SMILES string of the molecule is Cc1cc(C(C)Nc2ncnc3c2oc2ccccc23)c(C)o1. The minimum atomic E-state index is 0.0544. The Bertz CT molecular complexity index is 1000. The first kappa shape index (κ1) is 13.8. The summed E-state index contributed by atoms with van der Waals surface area (Å²) >= 11 is 0.